The molecule has 0 aliphatic rings. The largest absolute Gasteiger partial charge is 0.324 e. The predicted molar refractivity (Wildman–Crippen MR) is 80.2 cm³/mol. The molecule has 1 aromatic carbocycles. The Morgan fingerprint density at radius 3 is 2.70 bits per heavy atom. The number of rotatable bonds is 5. The number of aromatic nitrogens is 2. The van der Waals surface area contributed by atoms with Gasteiger partial charge in [-0.05, 0) is 31.0 Å². The van der Waals surface area contributed by atoms with E-state index in [1.807, 2.05) is 44.2 Å². The minimum Gasteiger partial charge on any atom is -0.324 e. The lowest BCUT2D eigenvalue weighted by molar-refractivity contribution is -0.121. The predicted octanol–water partition coefficient (Wildman–Crippen LogP) is 2.53. The third-order valence-electron chi connectivity index (χ3n) is 3.65. The van der Waals surface area contributed by atoms with Crippen LogP contribution in [0.15, 0.2) is 36.5 Å². The Hall–Kier alpha value is -2.14. The highest BCUT2D eigenvalue weighted by atomic mass is 16.2. The van der Waals surface area contributed by atoms with Crippen LogP contribution in [0.2, 0.25) is 0 Å². The van der Waals surface area contributed by atoms with Crippen LogP contribution in [0.5, 0.6) is 0 Å². The molecule has 106 valence electrons. The molecular formula is C15H20N4O. The van der Waals surface area contributed by atoms with E-state index in [0.717, 1.165) is 16.9 Å². The smallest absolute Gasteiger partial charge is 0.244 e. The quantitative estimate of drug-likeness (QED) is 0.782. The summed E-state index contributed by atoms with van der Waals surface area (Å²) < 4.78 is 0. The number of hydrogen-bond donors (Lipinski definition) is 3. The minimum atomic E-state index is -0.815. The number of nitrogens with two attached hydrogens (primary N) is 1. The van der Waals surface area contributed by atoms with Gasteiger partial charge in [0.25, 0.3) is 0 Å². The van der Waals surface area contributed by atoms with Gasteiger partial charge in [-0.2, -0.15) is 5.10 Å². The highest BCUT2D eigenvalue weighted by molar-refractivity contribution is 5.98. The van der Waals surface area contributed by atoms with E-state index in [1.54, 1.807) is 6.20 Å². The van der Waals surface area contributed by atoms with E-state index in [-0.39, 0.29) is 5.91 Å². The molecule has 5 heteroatoms. The average molecular weight is 272 g/mol. The molecule has 1 heterocycles. The third-order valence-corrected chi connectivity index (χ3v) is 3.65. The van der Waals surface area contributed by atoms with Gasteiger partial charge in [0.1, 0.15) is 0 Å². The van der Waals surface area contributed by atoms with Crippen LogP contribution in [0.3, 0.4) is 0 Å². The SMILES string of the molecule is CCC(N)(CC)C(=O)Nc1cccc(-c2ccn[nH]2)c1. The molecule has 5 nitrogen and oxygen atoms in total. The van der Waals surface area contributed by atoms with Gasteiger partial charge in [0.15, 0.2) is 0 Å². The topological polar surface area (TPSA) is 83.8 Å². The molecule has 0 bridgehead atoms. The fourth-order valence-electron chi connectivity index (χ4n) is 2.01. The lowest BCUT2D eigenvalue weighted by Crippen LogP contribution is -2.50. The molecule has 0 aliphatic carbocycles. The van der Waals surface area contributed by atoms with E-state index in [1.165, 1.54) is 0 Å². The van der Waals surface area contributed by atoms with Crippen LogP contribution >= 0.6 is 0 Å². The number of amides is 1. The molecule has 2 aromatic rings. The monoisotopic (exact) mass is 272 g/mol. The summed E-state index contributed by atoms with van der Waals surface area (Å²) in [6.07, 6.45) is 2.91. The Balaban J connectivity index is 2.19. The normalized spacial score (nSPS) is 11.3. The van der Waals surface area contributed by atoms with Crippen molar-refractivity contribution in [1.29, 1.82) is 0 Å². The molecule has 0 aliphatic heterocycles. The van der Waals surface area contributed by atoms with E-state index in [2.05, 4.69) is 15.5 Å². The molecule has 0 fully saturated rings. The molecular weight excluding hydrogens is 252 g/mol. The molecule has 2 rings (SSSR count). The maximum absolute atomic E-state index is 12.2. The lowest BCUT2D eigenvalue weighted by Gasteiger charge is -2.25. The summed E-state index contributed by atoms with van der Waals surface area (Å²) in [7, 11) is 0. The van der Waals surface area contributed by atoms with Crippen LogP contribution in [-0.4, -0.2) is 21.6 Å². The molecule has 1 amide bonds. The molecule has 0 spiro atoms. The first-order valence-electron chi connectivity index (χ1n) is 6.79. The molecule has 0 atom stereocenters. The molecule has 0 saturated heterocycles. The molecule has 1 aromatic heterocycles. The van der Waals surface area contributed by atoms with Gasteiger partial charge in [-0.1, -0.05) is 26.0 Å². The number of hydrogen-bond acceptors (Lipinski definition) is 3. The first kappa shape index (κ1) is 14.3. The van der Waals surface area contributed by atoms with Crippen LogP contribution in [-0.2, 0) is 4.79 Å². The number of H-pyrrole nitrogens is 1. The Bertz CT molecular complexity index is 573. The van der Waals surface area contributed by atoms with Gasteiger partial charge < -0.3 is 11.1 Å². The summed E-state index contributed by atoms with van der Waals surface area (Å²) in [4.78, 5) is 12.2. The van der Waals surface area contributed by atoms with Gasteiger partial charge >= 0.3 is 0 Å². The van der Waals surface area contributed by atoms with Crippen molar-refractivity contribution >= 4 is 11.6 Å². The maximum Gasteiger partial charge on any atom is 0.244 e. The second-order valence-electron chi connectivity index (χ2n) is 4.87. The van der Waals surface area contributed by atoms with Crippen molar-refractivity contribution in [2.24, 2.45) is 5.73 Å². The standard InChI is InChI=1S/C15H20N4O/c1-3-15(16,4-2)14(20)18-12-7-5-6-11(10-12)13-8-9-17-19-13/h5-10H,3-4,16H2,1-2H3,(H,17,19)(H,18,20). The van der Waals surface area contributed by atoms with E-state index in [0.29, 0.717) is 12.8 Å². The Morgan fingerprint density at radius 2 is 2.10 bits per heavy atom. The zero-order chi connectivity index (χ0) is 14.6. The van der Waals surface area contributed by atoms with Crippen LogP contribution < -0.4 is 11.1 Å². The number of aromatic amines is 1. The number of nitrogens with zero attached hydrogens (tertiary/aromatic N) is 1. The summed E-state index contributed by atoms with van der Waals surface area (Å²) >= 11 is 0. The summed E-state index contributed by atoms with van der Waals surface area (Å²) in [5.74, 6) is -0.149. The fraction of sp³-hybridized carbons (Fsp3) is 0.333. The van der Waals surface area contributed by atoms with Crippen molar-refractivity contribution in [1.82, 2.24) is 10.2 Å². The highest BCUT2D eigenvalue weighted by Gasteiger charge is 2.29. The van der Waals surface area contributed by atoms with Gasteiger partial charge in [0.2, 0.25) is 5.91 Å². The zero-order valence-corrected chi connectivity index (χ0v) is 11.8. The Kier molecular flexibility index (Phi) is 4.20. The number of nitrogens with one attached hydrogen (secondary N) is 2. The lowest BCUT2D eigenvalue weighted by atomic mass is 9.93. The molecule has 20 heavy (non-hydrogen) atoms. The second kappa shape index (κ2) is 5.88. The average Bonchev–Trinajstić information content (AvgIpc) is 3.01. The Morgan fingerprint density at radius 1 is 1.35 bits per heavy atom. The minimum absolute atomic E-state index is 0.149. The first-order chi connectivity index (χ1) is 9.59. The van der Waals surface area contributed by atoms with Crippen LogP contribution in [0.1, 0.15) is 26.7 Å². The van der Waals surface area contributed by atoms with Gasteiger partial charge in [0.05, 0.1) is 11.2 Å². The van der Waals surface area contributed by atoms with Crippen LogP contribution in [0, 0.1) is 0 Å². The number of carbonyl (C=O) groups excluding carboxylic acids is 1. The van der Waals surface area contributed by atoms with Crippen molar-refractivity contribution in [3.05, 3.63) is 36.5 Å². The molecule has 0 saturated carbocycles. The summed E-state index contributed by atoms with van der Waals surface area (Å²) in [6, 6.07) is 9.48. The van der Waals surface area contributed by atoms with E-state index < -0.39 is 5.54 Å². The number of anilines is 1. The summed E-state index contributed by atoms with van der Waals surface area (Å²) in [6.45, 7) is 3.84. The summed E-state index contributed by atoms with van der Waals surface area (Å²) in [5, 5.41) is 9.71. The fourth-order valence-corrected chi connectivity index (χ4v) is 2.01. The van der Waals surface area contributed by atoms with Crippen molar-refractivity contribution in [3.8, 4) is 11.3 Å². The third kappa shape index (κ3) is 2.88. The number of carbonyl (C=O) groups is 1. The van der Waals surface area contributed by atoms with Crippen molar-refractivity contribution in [2.75, 3.05) is 5.32 Å². The van der Waals surface area contributed by atoms with Gasteiger partial charge in [-0.25, -0.2) is 0 Å². The molecule has 4 N–H and O–H groups in total. The molecule has 0 unspecified atom stereocenters. The van der Waals surface area contributed by atoms with Crippen molar-refractivity contribution in [3.63, 3.8) is 0 Å². The van der Waals surface area contributed by atoms with Crippen LogP contribution in [0.4, 0.5) is 5.69 Å². The van der Waals surface area contributed by atoms with E-state index >= 15 is 0 Å². The van der Waals surface area contributed by atoms with Gasteiger partial charge in [-0.3, -0.25) is 9.89 Å². The van der Waals surface area contributed by atoms with Crippen LogP contribution in [0.25, 0.3) is 11.3 Å². The highest BCUT2D eigenvalue weighted by Crippen LogP contribution is 2.22. The van der Waals surface area contributed by atoms with Gasteiger partial charge in [0, 0.05) is 17.4 Å². The summed E-state index contributed by atoms with van der Waals surface area (Å²) in [5.41, 5.74) is 7.89. The van der Waals surface area contributed by atoms with E-state index in [9.17, 15) is 4.79 Å². The number of benzene rings is 1. The van der Waals surface area contributed by atoms with Crippen molar-refractivity contribution in [2.45, 2.75) is 32.2 Å². The van der Waals surface area contributed by atoms with Gasteiger partial charge in [-0.15, -0.1) is 0 Å². The van der Waals surface area contributed by atoms with Crippen molar-refractivity contribution < 1.29 is 4.79 Å². The van der Waals surface area contributed by atoms with E-state index in [4.69, 9.17) is 5.73 Å². The molecule has 0 radical (unpaired) electrons. The maximum atomic E-state index is 12.2. The second-order valence-corrected chi connectivity index (χ2v) is 4.87. The Labute approximate surface area is 118 Å². The first-order valence-corrected chi connectivity index (χ1v) is 6.79. The zero-order valence-electron chi connectivity index (χ0n) is 11.8.